The number of hydrogen-bond acceptors (Lipinski definition) is 3. The minimum absolute atomic E-state index is 0.342. The van der Waals surface area contributed by atoms with Gasteiger partial charge in [-0.25, -0.2) is 0 Å². The minimum atomic E-state index is -0.551. The first-order valence-corrected chi connectivity index (χ1v) is 4.34. The van der Waals surface area contributed by atoms with Crippen LogP contribution in [0.2, 0.25) is 0 Å². The van der Waals surface area contributed by atoms with Gasteiger partial charge in [-0.2, -0.15) is 5.26 Å². The van der Waals surface area contributed by atoms with E-state index < -0.39 is 5.24 Å². The summed E-state index contributed by atoms with van der Waals surface area (Å²) in [7, 11) is 3.66. The molecular formula is C10H9ClN2O. The highest BCUT2D eigenvalue weighted by Gasteiger charge is 2.06. The van der Waals surface area contributed by atoms with Crippen LogP contribution >= 0.6 is 11.6 Å². The Morgan fingerprint density at radius 2 is 2.07 bits per heavy atom. The lowest BCUT2D eigenvalue weighted by Gasteiger charge is -2.13. The van der Waals surface area contributed by atoms with Crippen LogP contribution in [0.4, 0.5) is 5.69 Å². The number of nitriles is 1. The van der Waals surface area contributed by atoms with Crippen molar-refractivity contribution < 1.29 is 4.79 Å². The van der Waals surface area contributed by atoms with Crippen LogP contribution < -0.4 is 4.90 Å². The van der Waals surface area contributed by atoms with E-state index in [1.165, 1.54) is 6.07 Å². The number of carbonyl (C=O) groups excluding carboxylic acids is 1. The highest BCUT2D eigenvalue weighted by Crippen LogP contribution is 2.18. The fourth-order valence-corrected chi connectivity index (χ4v) is 1.16. The second-order valence-corrected chi connectivity index (χ2v) is 3.39. The van der Waals surface area contributed by atoms with Gasteiger partial charge in [0, 0.05) is 25.3 Å². The van der Waals surface area contributed by atoms with Gasteiger partial charge in [0.15, 0.2) is 0 Å². The van der Waals surface area contributed by atoms with E-state index >= 15 is 0 Å². The Bertz CT molecular complexity index is 407. The summed E-state index contributed by atoms with van der Waals surface area (Å²) in [6.45, 7) is 0. The molecule has 4 heteroatoms. The maximum absolute atomic E-state index is 10.9. The lowest BCUT2D eigenvalue weighted by atomic mass is 10.1. The normalized spacial score (nSPS) is 9.29. The van der Waals surface area contributed by atoms with Gasteiger partial charge < -0.3 is 4.90 Å². The van der Waals surface area contributed by atoms with Gasteiger partial charge in [-0.3, -0.25) is 4.79 Å². The molecule has 0 heterocycles. The molecule has 0 spiro atoms. The summed E-state index contributed by atoms with van der Waals surface area (Å²) < 4.78 is 0. The zero-order valence-corrected chi connectivity index (χ0v) is 8.67. The average molecular weight is 209 g/mol. The third kappa shape index (κ3) is 2.24. The number of carbonyl (C=O) groups is 1. The number of rotatable bonds is 2. The van der Waals surface area contributed by atoms with Crippen LogP contribution in [0, 0.1) is 11.3 Å². The maximum Gasteiger partial charge on any atom is 0.252 e. The van der Waals surface area contributed by atoms with E-state index in [1.807, 2.05) is 25.1 Å². The van der Waals surface area contributed by atoms with Gasteiger partial charge in [0.1, 0.15) is 0 Å². The van der Waals surface area contributed by atoms with Crippen LogP contribution in [0.15, 0.2) is 18.2 Å². The molecule has 0 unspecified atom stereocenters. The van der Waals surface area contributed by atoms with Gasteiger partial charge in [-0.1, -0.05) is 0 Å². The second kappa shape index (κ2) is 4.12. The Kier molecular flexibility index (Phi) is 3.10. The van der Waals surface area contributed by atoms with Gasteiger partial charge in [0.25, 0.3) is 5.24 Å². The summed E-state index contributed by atoms with van der Waals surface area (Å²) in [6, 6.07) is 6.80. The van der Waals surface area contributed by atoms with Crippen molar-refractivity contribution in [1.82, 2.24) is 0 Å². The first-order chi connectivity index (χ1) is 6.54. The molecule has 0 aromatic heterocycles. The molecule has 0 bridgehead atoms. The van der Waals surface area contributed by atoms with Crippen molar-refractivity contribution in [2.24, 2.45) is 0 Å². The molecule has 14 heavy (non-hydrogen) atoms. The Morgan fingerprint density at radius 3 is 2.50 bits per heavy atom. The highest BCUT2D eigenvalue weighted by atomic mass is 35.5. The fraction of sp³-hybridized carbons (Fsp3) is 0.200. The molecule has 0 aliphatic heterocycles. The van der Waals surface area contributed by atoms with Crippen LogP contribution in [0.3, 0.4) is 0 Å². The quantitative estimate of drug-likeness (QED) is 0.699. The summed E-state index contributed by atoms with van der Waals surface area (Å²) >= 11 is 5.34. The molecule has 1 aromatic rings. The van der Waals surface area contributed by atoms with Crippen molar-refractivity contribution in [3.05, 3.63) is 29.3 Å². The average Bonchev–Trinajstić information content (AvgIpc) is 2.16. The van der Waals surface area contributed by atoms with E-state index in [9.17, 15) is 4.79 Å². The van der Waals surface area contributed by atoms with E-state index in [2.05, 4.69) is 0 Å². The summed E-state index contributed by atoms with van der Waals surface area (Å²) in [6.07, 6.45) is 0. The van der Waals surface area contributed by atoms with Crippen molar-refractivity contribution in [2.75, 3.05) is 19.0 Å². The molecule has 72 valence electrons. The Labute approximate surface area is 87.5 Å². The molecule has 0 N–H and O–H groups in total. The van der Waals surface area contributed by atoms with Crippen molar-refractivity contribution >= 4 is 22.5 Å². The van der Waals surface area contributed by atoms with Crippen LogP contribution in [0.1, 0.15) is 15.9 Å². The second-order valence-electron chi connectivity index (χ2n) is 3.05. The first kappa shape index (κ1) is 10.6. The molecule has 1 aromatic carbocycles. The van der Waals surface area contributed by atoms with E-state index in [0.717, 1.165) is 5.69 Å². The SMILES string of the molecule is CN(C)c1cc(C#N)cc(C(=O)Cl)c1. The smallest absolute Gasteiger partial charge is 0.252 e. The van der Waals surface area contributed by atoms with Crippen molar-refractivity contribution in [2.45, 2.75) is 0 Å². The standard InChI is InChI=1S/C10H9ClN2O/c1-13(2)9-4-7(6-12)3-8(5-9)10(11)14/h3-5H,1-2H3. The van der Waals surface area contributed by atoms with Crippen LogP contribution in [0.25, 0.3) is 0 Å². The minimum Gasteiger partial charge on any atom is -0.378 e. The summed E-state index contributed by atoms with van der Waals surface area (Å²) in [4.78, 5) is 12.7. The Balaban J connectivity index is 3.29. The molecule has 0 aliphatic rings. The van der Waals surface area contributed by atoms with Crippen LogP contribution in [0.5, 0.6) is 0 Å². The predicted octanol–water partition coefficient (Wildman–Crippen LogP) is 2.00. The number of hydrogen-bond donors (Lipinski definition) is 0. The molecule has 0 fully saturated rings. The van der Waals surface area contributed by atoms with Gasteiger partial charge >= 0.3 is 0 Å². The zero-order valence-electron chi connectivity index (χ0n) is 7.91. The molecule has 1 rings (SSSR count). The molecule has 0 aliphatic carbocycles. The summed E-state index contributed by atoms with van der Waals surface area (Å²) in [5, 5.41) is 8.18. The molecule has 0 radical (unpaired) electrons. The van der Waals surface area contributed by atoms with Gasteiger partial charge in [-0.05, 0) is 29.8 Å². The lowest BCUT2D eigenvalue weighted by Crippen LogP contribution is -2.09. The fourth-order valence-electron chi connectivity index (χ4n) is 1.05. The first-order valence-electron chi connectivity index (χ1n) is 3.97. The van der Waals surface area contributed by atoms with Crippen LogP contribution in [-0.4, -0.2) is 19.3 Å². The third-order valence-electron chi connectivity index (χ3n) is 1.79. The predicted molar refractivity (Wildman–Crippen MR) is 55.7 cm³/mol. The van der Waals surface area contributed by atoms with Crippen molar-refractivity contribution in [3.63, 3.8) is 0 Å². The van der Waals surface area contributed by atoms with E-state index in [0.29, 0.717) is 11.1 Å². The summed E-state index contributed by atoms with van der Waals surface area (Å²) in [5.41, 5.74) is 1.56. The van der Waals surface area contributed by atoms with Gasteiger partial charge in [0.2, 0.25) is 0 Å². The Morgan fingerprint density at radius 1 is 1.43 bits per heavy atom. The molecule has 0 saturated heterocycles. The zero-order chi connectivity index (χ0) is 10.7. The lowest BCUT2D eigenvalue weighted by molar-refractivity contribution is 0.108. The number of anilines is 1. The van der Waals surface area contributed by atoms with Crippen molar-refractivity contribution in [1.29, 1.82) is 5.26 Å². The van der Waals surface area contributed by atoms with E-state index in [4.69, 9.17) is 16.9 Å². The monoisotopic (exact) mass is 208 g/mol. The number of benzene rings is 1. The molecule has 0 atom stereocenters. The number of nitrogens with zero attached hydrogens (tertiary/aromatic N) is 2. The van der Waals surface area contributed by atoms with Gasteiger partial charge in [-0.15, -0.1) is 0 Å². The van der Waals surface area contributed by atoms with Gasteiger partial charge in [0.05, 0.1) is 11.6 Å². The molecule has 3 nitrogen and oxygen atoms in total. The number of halogens is 1. The third-order valence-corrected chi connectivity index (χ3v) is 2.01. The topological polar surface area (TPSA) is 44.1 Å². The maximum atomic E-state index is 10.9. The molecule has 0 saturated carbocycles. The Hall–Kier alpha value is -1.53. The summed E-state index contributed by atoms with van der Waals surface area (Å²) in [5.74, 6) is 0. The van der Waals surface area contributed by atoms with E-state index in [1.54, 1.807) is 12.1 Å². The molecule has 0 amide bonds. The largest absolute Gasteiger partial charge is 0.378 e. The van der Waals surface area contributed by atoms with Crippen molar-refractivity contribution in [3.8, 4) is 6.07 Å². The van der Waals surface area contributed by atoms with Crippen LogP contribution in [-0.2, 0) is 0 Å². The van der Waals surface area contributed by atoms with E-state index in [-0.39, 0.29) is 0 Å². The molecular weight excluding hydrogens is 200 g/mol. The highest BCUT2D eigenvalue weighted by molar-refractivity contribution is 6.67.